The van der Waals surface area contributed by atoms with E-state index in [1.165, 1.54) is 37.0 Å². The number of carbonyl (C=O) groups is 1. The monoisotopic (exact) mass is 416 g/mol. The van der Waals surface area contributed by atoms with Crippen LogP contribution >= 0.6 is 0 Å². The number of rotatable bonds is 6. The van der Waals surface area contributed by atoms with E-state index in [2.05, 4.69) is 5.32 Å². The first-order valence-corrected chi connectivity index (χ1v) is 11.3. The number of carbonyl (C=O) groups excluding carboxylic acids is 1. The Morgan fingerprint density at radius 3 is 2.48 bits per heavy atom. The van der Waals surface area contributed by atoms with E-state index in [0.717, 1.165) is 31.2 Å². The van der Waals surface area contributed by atoms with Gasteiger partial charge in [-0.2, -0.15) is 0 Å². The van der Waals surface area contributed by atoms with Crippen molar-refractivity contribution < 1.29 is 17.9 Å². The van der Waals surface area contributed by atoms with Crippen LogP contribution in [0, 0.1) is 6.92 Å². The highest BCUT2D eigenvalue weighted by molar-refractivity contribution is 7.92. The molecule has 0 aromatic heterocycles. The van der Waals surface area contributed by atoms with E-state index < -0.39 is 10.0 Å². The zero-order chi connectivity index (χ0) is 21.0. The van der Waals surface area contributed by atoms with Gasteiger partial charge in [0.25, 0.3) is 15.9 Å². The molecule has 1 amide bonds. The molecule has 1 N–H and O–H groups in total. The molecule has 156 valence electrons. The zero-order valence-corrected chi connectivity index (χ0v) is 18.0. The van der Waals surface area contributed by atoms with Gasteiger partial charge in [0, 0.05) is 18.7 Å². The molecular formula is C22H28N2O4S. The van der Waals surface area contributed by atoms with Crippen molar-refractivity contribution in [2.75, 3.05) is 18.5 Å². The van der Waals surface area contributed by atoms with Crippen LogP contribution in [0.3, 0.4) is 0 Å². The molecule has 7 heteroatoms. The van der Waals surface area contributed by atoms with Crippen LogP contribution in [0.15, 0.2) is 47.4 Å². The van der Waals surface area contributed by atoms with Crippen molar-refractivity contribution in [3.8, 4) is 5.75 Å². The number of ether oxygens (including phenoxy) is 1. The Kier molecular flexibility index (Phi) is 6.47. The molecule has 0 radical (unpaired) electrons. The smallest absolute Gasteiger partial charge is 0.264 e. The summed E-state index contributed by atoms with van der Waals surface area (Å²) < 4.78 is 32.9. The zero-order valence-electron chi connectivity index (χ0n) is 17.1. The van der Waals surface area contributed by atoms with Gasteiger partial charge in [-0.25, -0.2) is 8.42 Å². The second kappa shape index (κ2) is 8.86. The summed E-state index contributed by atoms with van der Waals surface area (Å²) in [6.45, 7) is 1.82. The van der Waals surface area contributed by atoms with E-state index in [9.17, 15) is 13.2 Å². The summed E-state index contributed by atoms with van der Waals surface area (Å²) in [4.78, 5) is 12.9. The van der Waals surface area contributed by atoms with Gasteiger partial charge in [-0.15, -0.1) is 0 Å². The highest BCUT2D eigenvalue weighted by atomic mass is 32.2. The third-order valence-corrected chi connectivity index (χ3v) is 7.24. The van der Waals surface area contributed by atoms with Crippen LogP contribution in [0.25, 0.3) is 0 Å². The number of amides is 1. The Balaban J connectivity index is 1.90. The van der Waals surface area contributed by atoms with Crippen molar-refractivity contribution in [2.45, 2.75) is 50.0 Å². The molecule has 1 fully saturated rings. The third-order valence-electron chi connectivity index (χ3n) is 5.48. The number of hydrogen-bond donors (Lipinski definition) is 1. The fraction of sp³-hybridized carbons (Fsp3) is 0.409. The molecule has 6 nitrogen and oxygen atoms in total. The molecule has 2 aromatic carbocycles. The summed E-state index contributed by atoms with van der Waals surface area (Å²) in [5, 5.41) is 3.07. The normalized spacial score (nSPS) is 15.0. The van der Waals surface area contributed by atoms with Crippen molar-refractivity contribution in [2.24, 2.45) is 0 Å². The number of benzene rings is 2. The van der Waals surface area contributed by atoms with E-state index in [1.54, 1.807) is 30.3 Å². The maximum atomic E-state index is 13.2. The van der Waals surface area contributed by atoms with Crippen LogP contribution in [0.4, 0.5) is 5.69 Å². The van der Waals surface area contributed by atoms with Gasteiger partial charge in [0.05, 0.1) is 17.7 Å². The van der Waals surface area contributed by atoms with Crippen LogP contribution in [-0.2, 0) is 10.0 Å². The Labute approximate surface area is 172 Å². The van der Waals surface area contributed by atoms with Crippen LogP contribution < -0.4 is 14.4 Å². The highest BCUT2D eigenvalue weighted by Crippen LogP contribution is 2.31. The first-order chi connectivity index (χ1) is 13.8. The van der Waals surface area contributed by atoms with Gasteiger partial charge in [0.2, 0.25) is 0 Å². The van der Waals surface area contributed by atoms with Gasteiger partial charge in [0.15, 0.2) is 0 Å². The summed E-state index contributed by atoms with van der Waals surface area (Å²) in [6, 6.07) is 11.8. The average molecular weight is 417 g/mol. The molecule has 0 atom stereocenters. The van der Waals surface area contributed by atoms with Crippen LogP contribution in [0.1, 0.15) is 48.0 Å². The quantitative estimate of drug-likeness (QED) is 0.775. The van der Waals surface area contributed by atoms with Crippen LogP contribution in [-0.4, -0.2) is 34.5 Å². The Hall–Kier alpha value is -2.54. The second-order valence-corrected chi connectivity index (χ2v) is 9.40. The summed E-state index contributed by atoms with van der Waals surface area (Å²) >= 11 is 0. The van der Waals surface area contributed by atoms with Crippen LogP contribution in [0.5, 0.6) is 5.75 Å². The van der Waals surface area contributed by atoms with Crippen molar-refractivity contribution >= 4 is 21.6 Å². The van der Waals surface area contributed by atoms with E-state index in [-0.39, 0.29) is 16.8 Å². The molecule has 0 bridgehead atoms. The van der Waals surface area contributed by atoms with Gasteiger partial charge < -0.3 is 10.1 Å². The fourth-order valence-corrected chi connectivity index (χ4v) is 4.93. The van der Waals surface area contributed by atoms with Crippen molar-refractivity contribution in [3.63, 3.8) is 0 Å². The molecule has 1 aliphatic carbocycles. The van der Waals surface area contributed by atoms with E-state index in [4.69, 9.17) is 4.74 Å². The largest absolute Gasteiger partial charge is 0.495 e. The molecular weight excluding hydrogens is 388 g/mol. The summed E-state index contributed by atoms with van der Waals surface area (Å²) in [7, 11) is -0.877. The SMILES string of the molecule is COc1ccccc1N(C)S(=O)(=O)c1ccc(C)c(C(=O)NC2CCCCC2)c1. The number of hydrogen-bond acceptors (Lipinski definition) is 4. The average Bonchev–Trinajstić information content (AvgIpc) is 2.74. The number of para-hydroxylation sites is 2. The Morgan fingerprint density at radius 1 is 1.10 bits per heavy atom. The number of anilines is 1. The molecule has 0 unspecified atom stereocenters. The first-order valence-electron chi connectivity index (χ1n) is 9.88. The minimum Gasteiger partial charge on any atom is -0.495 e. The van der Waals surface area contributed by atoms with Gasteiger partial charge in [-0.3, -0.25) is 9.10 Å². The molecule has 1 saturated carbocycles. The number of aryl methyl sites for hydroxylation is 1. The topological polar surface area (TPSA) is 75.7 Å². The minimum absolute atomic E-state index is 0.0744. The molecule has 0 heterocycles. The predicted molar refractivity (Wildman–Crippen MR) is 114 cm³/mol. The first kappa shape index (κ1) is 21.2. The Bertz CT molecular complexity index is 982. The molecule has 0 spiro atoms. The number of methoxy groups -OCH3 is 1. The maximum absolute atomic E-state index is 13.2. The predicted octanol–water partition coefficient (Wildman–Crippen LogP) is 3.89. The van der Waals surface area contributed by atoms with Gasteiger partial charge in [0.1, 0.15) is 5.75 Å². The minimum atomic E-state index is -3.86. The van der Waals surface area contributed by atoms with Crippen molar-refractivity contribution in [3.05, 3.63) is 53.6 Å². The van der Waals surface area contributed by atoms with Gasteiger partial charge in [-0.1, -0.05) is 37.5 Å². The van der Waals surface area contributed by atoms with Crippen molar-refractivity contribution in [1.29, 1.82) is 0 Å². The molecule has 1 aliphatic rings. The summed E-state index contributed by atoms with van der Waals surface area (Å²) in [6.07, 6.45) is 5.37. The van der Waals surface area contributed by atoms with E-state index >= 15 is 0 Å². The number of nitrogens with zero attached hydrogens (tertiary/aromatic N) is 1. The third kappa shape index (κ3) is 4.56. The van der Waals surface area contributed by atoms with E-state index in [1.807, 2.05) is 6.92 Å². The standard InChI is InChI=1S/C22H28N2O4S/c1-16-13-14-18(15-19(16)22(25)23-17-9-5-4-6-10-17)29(26,27)24(2)20-11-7-8-12-21(20)28-3/h7-8,11-15,17H,4-6,9-10H2,1-3H3,(H,23,25). The van der Waals surface area contributed by atoms with Crippen LogP contribution in [0.2, 0.25) is 0 Å². The number of nitrogens with one attached hydrogen (secondary N) is 1. The molecule has 0 saturated heterocycles. The van der Waals surface area contributed by atoms with Gasteiger partial charge >= 0.3 is 0 Å². The molecule has 0 aliphatic heterocycles. The lowest BCUT2D eigenvalue weighted by atomic mass is 9.95. The van der Waals surface area contributed by atoms with E-state index in [0.29, 0.717) is 17.0 Å². The number of sulfonamides is 1. The van der Waals surface area contributed by atoms with Crippen molar-refractivity contribution in [1.82, 2.24) is 5.32 Å². The molecule has 2 aromatic rings. The van der Waals surface area contributed by atoms with Gasteiger partial charge in [-0.05, 0) is 49.6 Å². The lowest BCUT2D eigenvalue weighted by molar-refractivity contribution is 0.0927. The maximum Gasteiger partial charge on any atom is 0.264 e. The summed E-state index contributed by atoms with van der Waals surface area (Å²) in [5.41, 5.74) is 1.58. The molecule has 29 heavy (non-hydrogen) atoms. The molecule has 3 rings (SSSR count). The lowest BCUT2D eigenvalue weighted by Gasteiger charge is -2.24. The lowest BCUT2D eigenvalue weighted by Crippen LogP contribution is -2.36. The highest BCUT2D eigenvalue weighted by Gasteiger charge is 2.26. The fourth-order valence-electron chi connectivity index (χ4n) is 3.69. The summed E-state index contributed by atoms with van der Waals surface area (Å²) in [5.74, 6) is 0.243. The Morgan fingerprint density at radius 2 is 1.79 bits per heavy atom. The second-order valence-electron chi connectivity index (χ2n) is 7.43.